The molecule has 30 heavy (non-hydrogen) atoms. The molecular weight excluding hydrogens is 383 g/mol. The number of furan rings is 1. The number of halogens is 1. The molecule has 160 valence electrons. The molecule has 0 saturated heterocycles. The number of rotatable bonds is 8. The summed E-state index contributed by atoms with van der Waals surface area (Å²) >= 11 is 0. The van der Waals surface area contributed by atoms with Gasteiger partial charge in [0.05, 0.1) is 12.8 Å². The summed E-state index contributed by atoms with van der Waals surface area (Å²) in [5.74, 6) is 0.475. The topological polar surface area (TPSA) is 53.8 Å². The van der Waals surface area contributed by atoms with E-state index in [1.54, 1.807) is 29.4 Å². The fourth-order valence-corrected chi connectivity index (χ4v) is 4.24. The van der Waals surface area contributed by atoms with Crippen molar-refractivity contribution >= 4 is 11.8 Å². The van der Waals surface area contributed by atoms with E-state index in [0.717, 1.165) is 44.1 Å². The molecule has 0 radical (unpaired) electrons. The molecule has 0 unspecified atom stereocenters. The molecule has 2 amide bonds. The number of benzene rings is 1. The van der Waals surface area contributed by atoms with Crippen molar-refractivity contribution in [1.29, 1.82) is 0 Å². The van der Waals surface area contributed by atoms with Gasteiger partial charge < -0.3 is 14.2 Å². The summed E-state index contributed by atoms with van der Waals surface area (Å²) in [5.41, 5.74) is 0.841. The number of amides is 2. The van der Waals surface area contributed by atoms with Crippen LogP contribution in [0.15, 0.2) is 47.1 Å². The van der Waals surface area contributed by atoms with Crippen molar-refractivity contribution in [2.45, 2.75) is 64.1 Å². The highest BCUT2D eigenvalue weighted by Gasteiger charge is 2.38. The van der Waals surface area contributed by atoms with Crippen LogP contribution in [-0.4, -0.2) is 34.2 Å². The van der Waals surface area contributed by atoms with Gasteiger partial charge in [-0.15, -0.1) is 0 Å². The van der Waals surface area contributed by atoms with Crippen molar-refractivity contribution < 1.29 is 18.4 Å². The predicted molar refractivity (Wildman–Crippen MR) is 111 cm³/mol. The first kappa shape index (κ1) is 20.6. The minimum absolute atomic E-state index is 0.0581. The van der Waals surface area contributed by atoms with Crippen LogP contribution in [0, 0.1) is 11.7 Å². The molecule has 0 spiro atoms. The van der Waals surface area contributed by atoms with Crippen LogP contribution >= 0.6 is 0 Å². The monoisotopic (exact) mass is 412 g/mol. The molecule has 1 aromatic carbocycles. The average molecular weight is 413 g/mol. The van der Waals surface area contributed by atoms with E-state index in [4.69, 9.17) is 4.42 Å². The summed E-state index contributed by atoms with van der Waals surface area (Å²) in [4.78, 5) is 29.9. The van der Waals surface area contributed by atoms with Gasteiger partial charge in [0.15, 0.2) is 0 Å². The first-order valence-corrected chi connectivity index (χ1v) is 11.0. The maximum Gasteiger partial charge on any atom is 0.242 e. The third-order valence-corrected chi connectivity index (χ3v) is 6.10. The van der Waals surface area contributed by atoms with Gasteiger partial charge >= 0.3 is 0 Å². The van der Waals surface area contributed by atoms with Gasteiger partial charge in [-0.1, -0.05) is 31.4 Å². The summed E-state index contributed by atoms with van der Waals surface area (Å²) in [6, 6.07) is 9.98. The SMILES string of the molecule is O=C(CN(C(=O)C1CCCCC1)C1CC1)N(Cc1ccc(F)cc1)Cc1ccco1. The molecule has 2 aliphatic carbocycles. The second-order valence-electron chi connectivity index (χ2n) is 8.49. The number of hydrogen-bond donors (Lipinski definition) is 0. The van der Waals surface area contributed by atoms with Crippen molar-refractivity contribution in [3.8, 4) is 0 Å². The lowest BCUT2D eigenvalue weighted by Gasteiger charge is -2.31. The molecule has 0 bridgehead atoms. The smallest absolute Gasteiger partial charge is 0.242 e. The Kier molecular flexibility index (Phi) is 6.50. The summed E-state index contributed by atoms with van der Waals surface area (Å²) in [6.07, 6.45) is 8.78. The molecule has 0 atom stereocenters. The Morgan fingerprint density at radius 2 is 1.70 bits per heavy atom. The van der Waals surface area contributed by atoms with Crippen molar-refractivity contribution in [2.24, 2.45) is 5.92 Å². The zero-order chi connectivity index (χ0) is 20.9. The summed E-state index contributed by atoms with van der Waals surface area (Å²) in [7, 11) is 0. The molecule has 4 rings (SSSR count). The molecule has 6 heteroatoms. The van der Waals surface area contributed by atoms with Gasteiger partial charge in [0.1, 0.15) is 18.1 Å². The molecule has 0 aliphatic heterocycles. The fourth-order valence-electron chi connectivity index (χ4n) is 4.24. The van der Waals surface area contributed by atoms with E-state index in [0.29, 0.717) is 18.8 Å². The highest BCUT2D eigenvalue weighted by atomic mass is 19.1. The Labute approximate surface area is 176 Å². The van der Waals surface area contributed by atoms with Gasteiger partial charge in [0.2, 0.25) is 11.8 Å². The molecule has 2 aliphatic rings. The molecule has 2 saturated carbocycles. The van der Waals surface area contributed by atoms with Crippen LogP contribution in [-0.2, 0) is 22.7 Å². The summed E-state index contributed by atoms with van der Waals surface area (Å²) < 4.78 is 18.7. The van der Waals surface area contributed by atoms with Gasteiger partial charge in [-0.05, 0) is 55.5 Å². The largest absolute Gasteiger partial charge is 0.467 e. The standard InChI is InChI=1S/C24H29FN2O3/c25-20-10-8-18(9-11-20)15-26(16-22-7-4-14-30-22)23(28)17-27(21-12-13-21)24(29)19-5-2-1-3-6-19/h4,7-11,14,19,21H,1-3,5-6,12-13,15-17H2. The third-order valence-electron chi connectivity index (χ3n) is 6.10. The quantitative estimate of drug-likeness (QED) is 0.641. The van der Waals surface area contributed by atoms with Crippen LogP contribution < -0.4 is 0 Å². The van der Waals surface area contributed by atoms with Gasteiger partial charge in [0, 0.05) is 18.5 Å². The zero-order valence-corrected chi connectivity index (χ0v) is 17.3. The Bertz CT molecular complexity index is 840. The van der Waals surface area contributed by atoms with Crippen LogP contribution in [0.25, 0.3) is 0 Å². The summed E-state index contributed by atoms with van der Waals surface area (Å²) in [5, 5.41) is 0. The average Bonchev–Trinajstić information content (AvgIpc) is 3.48. The van der Waals surface area contributed by atoms with Crippen LogP contribution in [0.3, 0.4) is 0 Å². The van der Waals surface area contributed by atoms with Crippen molar-refractivity contribution in [3.63, 3.8) is 0 Å². The molecule has 0 N–H and O–H groups in total. The molecule has 2 fully saturated rings. The van der Waals surface area contributed by atoms with Crippen LogP contribution in [0.4, 0.5) is 4.39 Å². The van der Waals surface area contributed by atoms with Crippen LogP contribution in [0.1, 0.15) is 56.3 Å². The first-order chi connectivity index (χ1) is 14.6. The van der Waals surface area contributed by atoms with Crippen molar-refractivity contribution in [2.75, 3.05) is 6.54 Å². The van der Waals surface area contributed by atoms with E-state index in [1.807, 2.05) is 11.0 Å². The normalized spacial score (nSPS) is 17.0. The Morgan fingerprint density at radius 1 is 0.967 bits per heavy atom. The number of carbonyl (C=O) groups excluding carboxylic acids is 2. The number of nitrogens with zero attached hydrogens (tertiary/aromatic N) is 2. The fraction of sp³-hybridized carbons (Fsp3) is 0.500. The van der Waals surface area contributed by atoms with E-state index in [-0.39, 0.29) is 36.1 Å². The van der Waals surface area contributed by atoms with Gasteiger partial charge in [-0.3, -0.25) is 9.59 Å². The first-order valence-electron chi connectivity index (χ1n) is 11.0. The Balaban J connectivity index is 1.47. The van der Waals surface area contributed by atoms with E-state index in [1.165, 1.54) is 18.6 Å². The second-order valence-corrected chi connectivity index (χ2v) is 8.49. The minimum atomic E-state index is -0.305. The summed E-state index contributed by atoms with van der Waals surface area (Å²) in [6.45, 7) is 0.761. The van der Waals surface area contributed by atoms with E-state index < -0.39 is 0 Å². The van der Waals surface area contributed by atoms with Gasteiger partial charge in [-0.25, -0.2) is 4.39 Å². The molecule has 5 nitrogen and oxygen atoms in total. The van der Waals surface area contributed by atoms with Crippen LogP contribution in [0.2, 0.25) is 0 Å². The highest BCUT2D eigenvalue weighted by molar-refractivity contribution is 5.86. The van der Waals surface area contributed by atoms with E-state index >= 15 is 0 Å². The lowest BCUT2D eigenvalue weighted by molar-refractivity contribution is -0.144. The molecular formula is C24H29FN2O3. The van der Waals surface area contributed by atoms with E-state index in [9.17, 15) is 14.0 Å². The van der Waals surface area contributed by atoms with E-state index in [2.05, 4.69) is 0 Å². The number of carbonyl (C=O) groups is 2. The second kappa shape index (κ2) is 9.45. The lowest BCUT2D eigenvalue weighted by Crippen LogP contribution is -2.46. The van der Waals surface area contributed by atoms with Gasteiger partial charge in [-0.2, -0.15) is 0 Å². The maximum absolute atomic E-state index is 13.3. The predicted octanol–water partition coefficient (Wildman–Crippen LogP) is 4.52. The van der Waals surface area contributed by atoms with Crippen molar-refractivity contribution in [3.05, 3.63) is 59.8 Å². The minimum Gasteiger partial charge on any atom is -0.467 e. The molecule has 2 aromatic rings. The highest BCUT2D eigenvalue weighted by Crippen LogP contribution is 2.32. The maximum atomic E-state index is 13.3. The molecule has 1 aromatic heterocycles. The van der Waals surface area contributed by atoms with Crippen molar-refractivity contribution in [1.82, 2.24) is 9.80 Å². The Morgan fingerprint density at radius 3 is 2.33 bits per heavy atom. The zero-order valence-electron chi connectivity index (χ0n) is 17.3. The Hall–Kier alpha value is -2.63. The molecule has 1 heterocycles. The lowest BCUT2D eigenvalue weighted by atomic mass is 9.88. The van der Waals surface area contributed by atoms with Crippen LogP contribution in [0.5, 0.6) is 0 Å². The number of hydrogen-bond acceptors (Lipinski definition) is 3. The third kappa shape index (κ3) is 5.29. The van der Waals surface area contributed by atoms with Gasteiger partial charge in [0.25, 0.3) is 0 Å².